The molecule has 1 aromatic carbocycles. The fraction of sp³-hybridized carbons (Fsp3) is 0.417. The predicted octanol–water partition coefficient (Wildman–Crippen LogP) is 3.70. The first-order valence-corrected chi connectivity index (χ1v) is 6.05. The molecule has 0 saturated heterocycles. The van der Waals surface area contributed by atoms with E-state index in [0.717, 1.165) is 11.1 Å². The quantitative estimate of drug-likeness (QED) is 0.606. The summed E-state index contributed by atoms with van der Waals surface area (Å²) in [5, 5.41) is 0.666. The molecule has 0 N–H and O–H groups in total. The summed E-state index contributed by atoms with van der Waals surface area (Å²) in [6.07, 6.45) is 0. The molecular weight excluding hydrogens is 256 g/mol. The van der Waals surface area contributed by atoms with Crippen molar-refractivity contribution < 1.29 is 9.53 Å². The van der Waals surface area contributed by atoms with Gasteiger partial charge in [0.2, 0.25) is 0 Å². The van der Waals surface area contributed by atoms with E-state index in [1.54, 1.807) is 6.07 Å². The van der Waals surface area contributed by atoms with Crippen LogP contribution in [-0.2, 0) is 10.1 Å². The van der Waals surface area contributed by atoms with Gasteiger partial charge in [0, 0.05) is 5.33 Å². The Morgan fingerprint density at radius 3 is 2.47 bits per heavy atom. The van der Waals surface area contributed by atoms with Crippen LogP contribution < -0.4 is 0 Å². The lowest BCUT2D eigenvalue weighted by atomic mass is 10.1. The van der Waals surface area contributed by atoms with Crippen molar-refractivity contribution in [1.82, 2.24) is 0 Å². The van der Waals surface area contributed by atoms with Gasteiger partial charge in [-0.1, -0.05) is 47.5 Å². The zero-order valence-corrected chi connectivity index (χ0v) is 11.2. The standard InChI is InChI=1S/C10H11BrO2.C2H6/c1-7-3-4-9(10(12)13-2)8(5-7)6-11;1-2/h3-5H,6H2,1-2H3;1-2H3. The third-order valence-corrected chi connectivity index (χ3v) is 2.41. The average molecular weight is 273 g/mol. The zero-order valence-electron chi connectivity index (χ0n) is 9.63. The van der Waals surface area contributed by atoms with Gasteiger partial charge >= 0.3 is 5.97 Å². The molecule has 0 spiro atoms. The van der Waals surface area contributed by atoms with E-state index in [0.29, 0.717) is 10.9 Å². The highest BCUT2D eigenvalue weighted by atomic mass is 79.9. The third kappa shape index (κ3) is 4.04. The first kappa shape index (κ1) is 14.2. The lowest BCUT2D eigenvalue weighted by Crippen LogP contribution is -2.04. The van der Waals surface area contributed by atoms with Gasteiger partial charge in [-0.05, 0) is 18.6 Å². The molecular formula is C12H17BrO2. The highest BCUT2D eigenvalue weighted by molar-refractivity contribution is 9.08. The number of halogens is 1. The van der Waals surface area contributed by atoms with E-state index in [4.69, 9.17) is 0 Å². The van der Waals surface area contributed by atoms with E-state index in [1.165, 1.54) is 7.11 Å². The number of rotatable bonds is 2. The summed E-state index contributed by atoms with van der Waals surface area (Å²) in [4.78, 5) is 11.3. The van der Waals surface area contributed by atoms with Crippen LogP contribution in [0.1, 0.15) is 35.3 Å². The monoisotopic (exact) mass is 272 g/mol. The summed E-state index contributed by atoms with van der Waals surface area (Å²) in [6.45, 7) is 5.99. The Bertz CT molecular complexity index is 321. The van der Waals surface area contributed by atoms with Gasteiger partial charge in [-0.2, -0.15) is 0 Å². The molecule has 1 rings (SSSR count). The van der Waals surface area contributed by atoms with E-state index in [2.05, 4.69) is 20.7 Å². The van der Waals surface area contributed by atoms with E-state index in [-0.39, 0.29) is 5.97 Å². The van der Waals surface area contributed by atoms with Crippen molar-refractivity contribution in [3.63, 3.8) is 0 Å². The van der Waals surface area contributed by atoms with Gasteiger partial charge in [0.25, 0.3) is 0 Å². The molecule has 0 atom stereocenters. The molecule has 0 bridgehead atoms. The van der Waals surface area contributed by atoms with Crippen molar-refractivity contribution in [2.24, 2.45) is 0 Å². The molecule has 2 nitrogen and oxygen atoms in total. The first-order valence-electron chi connectivity index (χ1n) is 4.93. The van der Waals surface area contributed by atoms with Gasteiger partial charge in [0.1, 0.15) is 0 Å². The molecule has 0 aromatic heterocycles. The Hall–Kier alpha value is -0.830. The van der Waals surface area contributed by atoms with Crippen LogP contribution in [0, 0.1) is 6.92 Å². The minimum atomic E-state index is -0.283. The largest absolute Gasteiger partial charge is 0.465 e. The van der Waals surface area contributed by atoms with Crippen LogP contribution in [-0.4, -0.2) is 13.1 Å². The van der Waals surface area contributed by atoms with Crippen LogP contribution in [0.25, 0.3) is 0 Å². The number of carbonyl (C=O) groups excluding carboxylic acids is 1. The Kier molecular flexibility index (Phi) is 7.05. The summed E-state index contributed by atoms with van der Waals surface area (Å²) in [7, 11) is 1.39. The Labute approximate surface area is 99.8 Å². The second-order valence-electron chi connectivity index (χ2n) is 2.79. The summed E-state index contributed by atoms with van der Waals surface area (Å²) in [6, 6.07) is 5.66. The number of esters is 1. The second-order valence-corrected chi connectivity index (χ2v) is 3.35. The van der Waals surface area contributed by atoms with Crippen molar-refractivity contribution in [3.8, 4) is 0 Å². The molecule has 0 amide bonds. The number of aryl methyl sites for hydroxylation is 1. The Morgan fingerprint density at radius 2 is 2.00 bits per heavy atom. The molecule has 0 radical (unpaired) electrons. The smallest absolute Gasteiger partial charge is 0.338 e. The Morgan fingerprint density at radius 1 is 1.40 bits per heavy atom. The number of methoxy groups -OCH3 is 1. The van der Waals surface area contributed by atoms with Crippen LogP contribution in [0.2, 0.25) is 0 Å². The maximum atomic E-state index is 11.3. The third-order valence-electron chi connectivity index (χ3n) is 1.81. The molecule has 0 saturated carbocycles. The number of hydrogen-bond donors (Lipinski definition) is 0. The number of alkyl halides is 1. The lowest BCUT2D eigenvalue weighted by Gasteiger charge is -2.05. The first-order chi connectivity index (χ1) is 7.19. The number of benzene rings is 1. The maximum absolute atomic E-state index is 11.3. The van der Waals surface area contributed by atoms with E-state index in [1.807, 2.05) is 32.9 Å². The van der Waals surface area contributed by atoms with Crippen molar-refractivity contribution in [2.75, 3.05) is 7.11 Å². The van der Waals surface area contributed by atoms with Gasteiger partial charge < -0.3 is 4.74 Å². The molecule has 0 unspecified atom stereocenters. The minimum Gasteiger partial charge on any atom is -0.465 e. The molecule has 0 heterocycles. The highest BCUT2D eigenvalue weighted by Gasteiger charge is 2.09. The van der Waals surface area contributed by atoms with Crippen LogP contribution in [0.4, 0.5) is 0 Å². The van der Waals surface area contributed by atoms with Crippen LogP contribution in [0.15, 0.2) is 18.2 Å². The molecule has 0 aliphatic heterocycles. The van der Waals surface area contributed by atoms with E-state index < -0.39 is 0 Å². The normalized spacial score (nSPS) is 8.87. The molecule has 84 valence electrons. The van der Waals surface area contributed by atoms with Crippen LogP contribution >= 0.6 is 15.9 Å². The summed E-state index contributed by atoms with van der Waals surface area (Å²) < 4.78 is 4.66. The molecule has 0 fully saturated rings. The maximum Gasteiger partial charge on any atom is 0.338 e. The fourth-order valence-electron chi connectivity index (χ4n) is 1.14. The average Bonchev–Trinajstić information content (AvgIpc) is 2.30. The number of ether oxygens (including phenoxy) is 1. The van der Waals surface area contributed by atoms with Crippen molar-refractivity contribution >= 4 is 21.9 Å². The van der Waals surface area contributed by atoms with Crippen molar-refractivity contribution in [2.45, 2.75) is 26.1 Å². The lowest BCUT2D eigenvalue weighted by molar-refractivity contribution is 0.0600. The Balaban J connectivity index is 0.000000921. The molecule has 0 aliphatic rings. The van der Waals surface area contributed by atoms with Crippen molar-refractivity contribution in [3.05, 3.63) is 34.9 Å². The molecule has 3 heteroatoms. The van der Waals surface area contributed by atoms with Gasteiger partial charge in [0.05, 0.1) is 12.7 Å². The van der Waals surface area contributed by atoms with Gasteiger partial charge in [-0.15, -0.1) is 0 Å². The number of hydrogen-bond acceptors (Lipinski definition) is 2. The van der Waals surface area contributed by atoms with E-state index >= 15 is 0 Å². The van der Waals surface area contributed by atoms with Crippen LogP contribution in [0.5, 0.6) is 0 Å². The molecule has 15 heavy (non-hydrogen) atoms. The number of carbonyl (C=O) groups is 1. The van der Waals surface area contributed by atoms with Gasteiger partial charge in [-0.25, -0.2) is 4.79 Å². The second kappa shape index (κ2) is 7.46. The summed E-state index contributed by atoms with van der Waals surface area (Å²) in [5.74, 6) is -0.283. The topological polar surface area (TPSA) is 26.3 Å². The summed E-state index contributed by atoms with van der Waals surface area (Å²) >= 11 is 3.33. The van der Waals surface area contributed by atoms with E-state index in [9.17, 15) is 4.79 Å². The molecule has 0 aliphatic carbocycles. The van der Waals surface area contributed by atoms with Crippen molar-refractivity contribution in [1.29, 1.82) is 0 Å². The zero-order chi connectivity index (χ0) is 11.8. The SMILES string of the molecule is CC.COC(=O)c1ccc(C)cc1CBr. The predicted molar refractivity (Wildman–Crippen MR) is 66.5 cm³/mol. The highest BCUT2D eigenvalue weighted by Crippen LogP contribution is 2.15. The molecule has 1 aromatic rings. The summed E-state index contributed by atoms with van der Waals surface area (Å²) in [5.41, 5.74) is 2.74. The van der Waals surface area contributed by atoms with Crippen LogP contribution in [0.3, 0.4) is 0 Å². The fourth-order valence-corrected chi connectivity index (χ4v) is 1.61. The van der Waals surface area contributed by atoms with Gasteiger partial charge in [-0.3, -0.25) is 0 Å². The minimum absolute atomic E-state index is 0.283. The van der Waals surface area contributed by atoms with Gasteiger partial charge in [0.15, 0.2) is 0 Å².